The quantitative estimate of drug-likeness (QED) is 0.618. The monoisotopic (exact) mass is 213 g/mol. The van der Waals surface area contributed by atoms with E-state index >= 15 is 0 Å². The molecule has 0 spiro atoms. The maximum atomic E-state index is 11.8. The number of rotatable bonds is 0. The average molecular weight is 213 g/mol. The molecule has 2 aliphatic heterocycles. The summed E-state index contributed by atoms with van der Waals surface area (Å²) < 4.78 is 5.36. The fraction of sp³-hybridized carbons (Fsp3) is 0.909. The number of carbonyl (C=O) groups excluding carboxylic acids is 1. The molecule has 0 aliphatic carbocycles. The van der Waals surface area contributed by atoms with Crippen LogP contribution in [-0.2, 0) is 4.74 Å². The Bertz CT molecular complexity index is 248. The van der Waals surface area contributed by atoms with Crippen LogP contribution in [-0.4, -0.2) is 42.8 Å². The van der Waals surface area contributed by atoms with Crippen LogP contribution in [0, 0.1) is 11.8 Å². The molecule has 15 heavy (non-hydrogen) atoms. The van der Waals surface area contributed by atoms with Crippen molar-refractivity contribution in [3.63, 3.8) is 0 Å². The van der Waals surface area contributed by atoms with Crippen molar-refractivity contribution in [2.45, 2.75) is 26.4 Å². The molecule has 2 aliphatic rings. The van der Waals surface area contributed by atoms with Crippen LogP contribution < -0.4 is 5.32 Å². The zero-order valence-corrected chi connectivity index (χ0v) is 9.82. The standard InChI is InChI=1S/C11H20N2O2/c1-11(2,3)15-10(14)13-6-8-4-12-5-9(8)7-13/h8-9,12H,4-7H2,1-3H3/p+1/t8-,9+. The van der Waals surface area contributed by atoms with E-state index in [0.717, 1.165) is 13.1 Å². The molecule has 0 aromatic heterocycles. The first-order valence-corrected chi connectivity index (χ1v) is 5.75. The van der Waals surface area contributed by atoms with Crippen molar-refractivity contribution in [3.05, 3.63) is 0 Å². The first kappa shape index (κ1) is 10.7. The molecule has 0 radical (unpaired) electrons. The second kappa shape index (κ2) is 3.67. The summed E-state index contributed by atoms with van der Waals surface area (Å²) in [5, 5.41) is 2.35. The summed E-state index contributed by atoms with van der Waals surface area (Å²) in [5.41, 5.74) is -0.374. The molecular formula is C11H21N2O2+. The van der Waals surface area contributed by atoms with Gasteiger partial charge in [0.15, 0.2) is 0 Å². The van der Waals surface area contributed by atoms with E-state index in [2.05, 4.69) is 5.32 Å². The Morgan fingerprint density at radius 2 is 1.80 bits per heavy atom. The molecule has 2 saturated heterocycles. The van der Waals surface area contributed by atoms with E-state index in [9.17, 15) is 4.79 Å². The molecule has 0 aromatic carbocycles. The van der Waals surface area contributed by atoms with Gasteiger partial charge in [0, 0.05) is 24.9 Å². The van der Waals surface area contributed by atoms with Gasteiger partial charge in [0.25, 0.3) is 0 Å². The van der Waals surface area contributed by atoms with E-state index in [1.165, 1.54) is 13.1 Å². The highest BCUT2D eigenvalue weighted by atomic mass is 16.6. The molecule has 4 heteroatoms. The first-order valence-electron chi connectivity index (χ1n) is 5.75. The van der Waals surface area contributed by atoms with E-state index in [1.54, 1.807) is 0 Å². The second-order valence-electron chi connectivity index (χ2n) is 5.67. The molecule has 2 heterocycles. The van der Waals surface area contributed by atoms with Gasteiger partial charge in [0.1, 0.15) is 5.60 Å². The van der Waals surface area contributed by atoms with Gasteiger partial charge in [-0.1, -0.05) is 0 Å². The number of carbonyl (C=O) groups is 1. The SMILES string of the molecule is CC(C)(C)OC(=O)N1C[C@H]2C[NH2+]C[C@H]2C1. The number of quaternary nitrogens is 1. The molecule has 4 nitrogen and oxygen atoms in total. The van der Waals surface area contributed by atoms with Crippen LogP contribution in [0.2, 0.25) is 0 Å². The topological polar surface area (TPSA) is 46.1 Å². The van der Waals surface area contributed by atoms with Crippen molar-refractivity contribution >= 4 is 6.09 Å². The fourth-order valence-electron chi connectivity index (χ4n) is 2.47. The second-order valence-corrected chi connectivity index (χ2v) is 5.67. The molecule has 86 valence electrons. The van der Waals surface area contributed by atoms with E-state index in [-0.39, 0.29) is 11.7 Å². The lowest BCUT2D eigenvalue weighted by Gasteiger charge is -2.24. The average Bonchev–Trinajstić information content (AvgIpc) is 2.56. The van der Waals surface area contributed by atoms with Gasteiger partial charge >= 0.3 is 6.09 Å². The van der Waals surface area contributed by atoms with Gasteiger partial charge in [-0.2, -0.15) is 0 Å². The minimum Gasteiger partial charge on any atom is -0.444 e. The number of nitrogens with zero attached hydrogens (tertiary/aromatic N) is 1. The van der Waals surface area contributed by atoms with E-state index in [4.69, 9.17) is 4.74 Å². The van der Waals surface area contributed by atoms with E-state index in [1.807, 2.05) is 25.7 Å². The lowest BCUT2D eigenvalue weighted by molar-refractivity contribution is -0.640. The molecule has 0 unspecified atom stereocenters. The van der Waals surface area contributed by atoms with Crippen LogP contribution in [0.1, 0.15) is 20.8 Å². The van der Waals surface area contributed by atoms with Crippen LogP contribution in [0.15, 0.2) is 0 Å². The van der Waals surface area contributed by atoms with Crippen molar-refractivity contribution in [1.29, 1.82) is 0 Å². The summed E-state index contributed by atoms with van der Waals surface area (Å²) in [4.78, 5) is 13.7. The summed E-state index contributed by atoms with van der Waals surface area (Å²) in [5.74, 6) is 1.38. The maximum Gasteiger partial charge on any atom is 0.410 e. The lowest BCUT2D eigenvalue weighted by atomic mass is 10.0. The fourth-order valence-corrected chi connectivity index (χ4v) is 2.47. The summed E-state index contributed by atoms with van der Waals surface area (Å²) >= 11 is 0. The Labute approximate surface area is 91.0 Å². The highest BCUT2D eigenvalue weighted by molar-refractivity contribution is 5.68. The van der Waals surface area contributed by atoms with Crippen molar-refractivity contribution in [2.75, 3.05) is 26.2 Å². The summed E-state index contributed by atoms with van der Waals surface area (Å²) in [7, 11) is 0. The largest absolute Gasteiger partial charge is 0.444 e. The minimum atomic E-state index is -0.374. The van der Waals surface area contributed by atoms with E-state index < -0.39 is 0 Å². The van der Waals surface area contributed by atoms with Gasteiger partial charge in [-0.05, 0) is 20.8 Å². The van der Waals surface area contributed by atoms with Crippen LogP contribution >= 0.6 is 0 Å². The van der Waals surface area contributed by atoms with Crippen LogP contribution in [0.5, 0.6) is 0 Å². The number of likely N-dealkylation sites (tertiary alicyclic amines) is 1. The van der Waals surface area contributed by atoms with Gasteiger partial charge < -0.3 is 15.0 Å². The van der Waals surface area contributed by atoms with Gasteiger partial charge in [0.2, 0.25) is 0 Å². The molecule has 2 atom stereocenters. The molecule has 0 aromatic rings. The summed E-state index contributed by atoms with van der Waals surface area (Å²) in [6, 6.07) is 0. The van der Waals surface area contributed by atoms with Crippen LogP contribution in [0.3, 0.4) is 0 Å². The zero-order valence-electron chi connectivity index (χ0n) is 9.82. The van der Waals surface area contributed by atoms with Gasteiger partial charge in [-0.25, -0.2) is 4.79 Å². The maximum absolute atomic E-state index is 11.8. The summed E-state index contributed by atoms with van der Waals surface area (Å²) in [6.45, 7) is 9.85. The Balaban J connectivity index is 1.88. The first-order chi connectivity index (χ1) is 6.96. The van der Waals surface area contributed by atoms with E-state index in [0.29, 0.717) is 11.8 Å². The minimum absolute atomic E-state index is 0.142. The third kappa shape index (κ3) is 2.43. The highest BCUT2D eigenvalue weighted by Crippen LogP contribution is 2.25. The summed E-state index contributed by atoms with van der Waals surface area (Å²) in [6.07, 6.45) is -0.142. The third-order valence-corrected chi connectivity index (χ3v) is 3.17. The zero-order chi connectivity index (χ0) is 11.1. The molecule has 0 bridgehead atoms. The number of fused-ring (bicyclic) bond motifs is 1. The third-order valence-electron chi connectivity index (χ3n) is 3.17. The predicted molar refractivity (Wildman–Crippen MR) is 56.4 cm³/mol. The van der Waals surface area contributed by atoms with Gasteiger partial charge in [-0.3, -0.25) is 0 Å². The molecule has 2 rings (SSSR count). The van der Waals surface area contributed by atoms with Crippen molar-refractivity contribution in [3.8, 4) is 0 Å². The normalized spacial score (nSPS) is 30.5. The van der Waals surface area contributed by atoms with Crippen molar-refractivity contribution < 1.29 is 14.8 Å². The molecule has 1 amide bonds. The number of nitrogens with two attached hydrogens (primary N) is 1. The number of ether oxygens (including phenoxy) is 1. The molecule has 2 N–H and O–H groups in total. The molecule has 2 fully saturated rings. The Morgan fingerprint density at radius 3 is 2.27 bits per heavy atom. The smallest absolute Gasteiger partial charge is 0.410 e. The predicted octanol–water partition coefficient (Wildman–Crippen LogP) is 0.0465. The molecule has 0 saturated carbocycles. The lowest BCUT2D eigenvalue weighted by Crippen LogP contribution is -2.82. The van der Waals surface area contributed by atoms with Gasteiger partial charge in [0.05, 0.1) is 13.1 Å². The number of hydrogen-bond acceptors (Lipinski definition) is 2. The van der Waals surface area contributed by atoms with Gasteiger partial charge in [-0.15, -0.1) is 0 Å². The van der Waals surface area contributed by atoms with Crippen LogP contribution in [0.25, 0.3) is 0 Å². The molecular weight excluding hydrogens is 192 g/mol. The Kier molecular flexibility index (Phi) is 2.63. The van der Waals surface area contributed by atoms with Crippen LogP contribution in [0.4, 0.5) is 4.79 Å². The van der Waals surface area contributed by atoms with Crippen molar-refractivity contribution in [1.82, 2.24) is 4.90 Å². The number of hydrogen-bond donors (Lipinski definition) is 1. The Morgan fingerprint density at radius 1 is 1.27 bits per heavy atom. The Hall–Kier alpha value is -0.770. The number of amides is 1. The van der Waals surface area contributed by atoms with Crippen molar-refractivity contribution in [2.24, 2.45) is 11.8 Å². The highest BCUT2D eigenvalue weighted by Gasteiger charge is 2.41.